The van der Waals surface area contributed by atoms with Crippen LogP contribution in [0, 0.1) is 0 Å². The van der Waals surface area contributed by atoms with Crippen molar-refractivity contribution in [1.82, 2.24) is 0 Å². The Kier molecular flexibility index (Phi) is 9.66. The molecular weight excluding hydrogens is 484 g/mol. The van der Waals surface area contributed by atoms with Gasteiger partial charge in [0.05, 0.1) is 0 Å². The predicted molar refractivity (Wildman–Crippen MR) is 123 cm³/mol. The zero-order valence-corrected chi connectivity index (χ0v) is 19.8. The maximum absolute atomic E-state index is 14.8. The Bertz CT molecular complexity index is 991. The SMILES string of the molecule is C=C(C)C(=O)OCCOc1ccc(C(F)(F)C(F)(F)c2ccc(OCCOC(=O)C(=C)C)cc2)cc1. The summed E-state index contributed by atoms with van der Waals surface area (Å²) in [6, 6.07) is 7.85. The van der Waals surface area contributed by atoms with Crippen LogP contribution in [0.25, 0.3) is 0 Å². The number of carbonyl (C=O) groups excluding carboxylic acids is 2. The van der Waals surface area contributed by atoms with Crippen LogP contribution in [0.2, 0.25) is 0 Å². The van der Waals surface area contributed by atoms with Gasteiger partial charge in [-0.25, -0.2) is 9.59 Å². The fourth-order valence-corrected chi connectivity index (χ4v) is 2.72. The second kappa shape index (κ2) is 12.2. The van der Waals surface area contributed by atoms with Crippen molar-refractivity contribution in [1.29, 1.82) is 0 Å². The molecule has 0 saturated carbocycles. The summed E-state index contributed by atoms with van der Waals surface area (Å²) in [4.78, 5) is 22.6. The van der Waals surface area contributed by atoms with Gasteiger partial charge in [-0.15, -0.1) is 0 Å². The van der Waals surface area contributed by atoms with Gasteiger partial charge < -0.3 is 18.9 Å². The van der Waals surface area contributed by atoms with E-state index in [-0.39, 0.29) is 49.1 Å². The Morgan fingerprint density at radius 3 is 1.22 bits per heavy atom. The second-order valence-corrected chi connectivity index (χ2v) is 7.73. The van der Waals surface area contributed by atoms with E-state index in [1.54, 1.807) is 0 Å². The summed E-state index contributed by atoms with van der Waals surface area (Å²) in [5, 5.41) is 0. The van der Waals surface area contributed by atoms with Gasteiger partial charge in [0, 0.05) is 22.3 Å². The average Bonchev–Trinajstić information content (AvgIpc) is 2.84. The quantitative estimate of drug-likeness (QED) is 0.152. The number of hydrogen-bond donors (Lipinski definition) is 0. The number of halogens is 4. The zero-order valence-electron chi connectivity index (χ0n) is 19.8. The zero-order chi connectivity index (χ0) is 26.9. The van der Waals surface area contributed by atoms with E-state index >= 15 is 0 Å². The number of hydrogen-bond acceptors (Lipinski definition) is 6. The minimum Gasteiger partial charge on any atom is -0.490 e. The number of carbonyl (C=O) groups is 2. The molecule has 194 valence electrons. The van der Waals surface area contributed by atoms with Crippen LogP contribution in [-0.2, 0) is 30.9 Å². The lowest BCUT2D eigenvalue weighted by atomic mass is 9.96. The maximum Gasteiger partial charge on any atom is 0.339 e. The lowest BCUT2D eigenvalue weighted by Crippen LogP contribution is -2.35. The van der Waals surface area contributed by atoms with Crippen molar-refractivity contribution in [2.24, 2.45) is 0 Å². The highest BCUT2D eigenvalue weighted by Gasteiger charge is 2.58. The van der Waals surface area contributed by atoms with Gasteiger partial charge in [-0.1, -0.05) is 13.2 Å². The van der Waals surface area contributed by atoms with E-state index in [0.29, 0.717) is 0 Å². The Labute approximate surface area is 206 Å². The van der Waals surface area contributed by atoms with Crippen LogP contribution in [0.15, 0.2) is 72.8 Å². The van der Waals surface area contributed by atoms with E-state index in [9.17, 15) is 27.2 Å². The lowest BCUT2D eigenvalue weighted by Gasteiger charge is -2.27. The molecule has 2 rings (SSSR count). The third-order valence-corrected chi connectivity index (χ3v) is 4.70. The highest BCUT2D eigenvalue weighted by Crippen LogP contribution is 2.49. The summed E-state index contributed by atoms with van der Waals surface area (Å²) in [7, 11) is 0. The molecule has 0 bridgehead atoms. The number of ether oxygens (including phenoxy) is 4. The number of rotatable bonds is 13. The molecule has 0 aliphatic heterocycles. The van der Waals surface area contributed by atoms with Gasteiger partial charge in [0.25, 0.3) is 0 Å². The number of benzene rings is 2. The van der Waals surface area contributed by atoms with E-state index < -0.39 is 34.9 Å². The van der Waals surface area contributed by atoms with Crippen LogP contribution in [-0.4, -0.2) is 38.4 Å². The van der Waals surface area contributed by atoms with Crippen molar-refractivity contribution >= 4 is 11.9 Å². The molecule has 0 heterocycles. The molecule has 2 aromatic rings. The molecule has 0 unspecified atom stereocenters. The van der Waals surface area contributed by atoms with E-state index in [4.69, 9.17) is 18.9 Å². The maximum atomic E-state index is 14.8. The minimum absolute atomic E-state index is 0.0599. The highest BCUT2D eigenvalue weighted by molar-refractivity contribution is 5.87. The molecule has 0 aliphatic rings. The van der Waals surface area contributed by atoms with Gasteiger partial charge in [0.1, 0.15) is 37.9 Å². The van der Waals surface area contributed by atoms with Crippen LogP contribution in [0.3, 0.4) is 0 Å². The first-order valence-electron chi connectivity index (χ1n) is 10.7. The molecule has 0 aromatic heterocycles. The summed E-state index contributed by atoms with van der Waals surface area (Å²) in [6.45, 7) is 9.50. The van der Waals surface area contributed by atoms with Gasteiger partial charge in [0.2, 0.25) is 0 Å². The van der Waals surface area contributed by atoms with Gasteiger partial charge in [-0.2, -0.15) is 17.6 Å². The first kappa shape index (κ1) is 28.4. The Balaban J connectivity index is 1.97. The van der Waals surface area contributed by atoms with Crippen LogP contribution < -0.4 is 9.47 Å². The molecule has 2 aromatic carbocycles. The third kappa shape index (κ3) is 7.34. The van der Waals surface area contributed by atoms with Crippen molar-refractivity contribution in [2.45, 2.75) is 25.7 Å². The summed E-state index contributed by atoms with van der Waals surface area (Å²) < 4.78 is 79.3. The van der Waals surface area contributed by atoms with Crippen molar-refractivity contribution in [3.05, 3.63) is 84.0 Å². The summed E-state index contributed by atoms with van der Waals surface area (Å²) >= 11 is 0. The van der Waals surface area contributed by atoms with Gasteiger partial charge in [-0.3, -0.25) is 0 Å². The number of esters is 2. The first-order chi connectivity index (χ1) is 16.9. The fourth-order valence-electron chi connectivity index (χ4n) is 2.72. The predicted octanol–water partition coefficient (Wildman–Crippen LogP) is 5.57. The fraction of sp³-hybridized carbons (Fsp3) is 0.308. The summed E-state index contributed by atoms with van der Waals surface area (Å²) in [5.41, 5.74) is -1.39. The van der Waals surface area contributed by atoms with Crippen molar-refractivity contribution < 1.29 is 46.1 Å². The number of alkyl halides is 4. The topological polar surface area (TPSA) is 71.1 Å². The lowest BCUT2D eigenvalue weighted by molar-refractivity contribution is -0.223. The summed E-state index contributed by atoms with van der Waals surface area (Å²) in [6.07, 6.45) is 0. The molecule has 0 aliphatic carbocycles. The molecule has 36 heavy (non-hydrogen) atoms. The first-order valence-corrected chi connectivity index (χ1v) is 10.7. The van der Waals surface area contributed by atoms with Gasteiger partial charge >= 0.3 is 23.8 Å². The van der Waals surface area contributed by atoms with Crippen molar-refractivity contribution in [3.63, 3.8) is 0 Å². The Morgan fingerprint density at radius 1 is 0.639 bits per heavy atom. The monoisotopic (exact) mass is 510 g/mol. The molecule has 10 heteroatoms. The van der Waals surface area contributed by atoms with Crippen LogP contribution >= 0.6 is 0 Å². The summed E-state index contributed by atoms with van der Waals surface area (Å²) in [5.74, 6) is -9.97. The molecular formula is C26H26F4O6. The van der Waals surface area contributed by atoms with Gasteiger partial charge in [0.15, 0.2) is 0 Å². The second-order valence-electron chi connectivity index (χ2n) is 7.73. The third-order valence-electron chi connectivity index (χ3n) is 4.70. The van der Waals surface area contributed by atoms with E-state index in [1.165, 1.54) is 13.8 Å². The van der Waals surface area contributed by atoms with E-state index in [1.807, 2.05) is 0 Å². The molecule has 0 amide bonds. The smallest absolute Gasteiger partial charge is 0.339 e. The molecule has 0 atom stereocenters. The normalized spacial score (nSPS) is 11.4. The van der Waals surface area contributed by atoms with Crippen molar-refractivity contribution in [3.8, 4) is 11.5 Å². The molecule has 0 N–H and O–H groups in total. The highest BCUT2D eigenvalue weighted by atomic mass is 19.3. The average molecular weight is 510 g/mol. The molecule has 0 fully saturated rings. The molecule has 0 spiro atoms. The standard InChI is InChI=1S/C26H26F4O6/c1-17(2)23(31)35-15-13-33-21-9-5-19(6-10-21)25(27,28)26(29,30)20-7-11-22(12-8-20)34-14-16-36-24(32)18(3)4/h5-12H,1,3,13-16H2,2,4H3. The van der Waals surface area contributed by atoms with Crippen LogP contribution in [0.5, 0.6) is 11.5 Å². The largest absolute Gasteiger partial charge is 0.490 e. The molecule has 6 nitrogen and oxygen atoms in total. The Hall–Kier alpha value is -3.82. The van der Waals surface area contributed by atoms with Crippen molar-refractivity contribution in [2.75, 3.05) is 26.4 Å². The molecule has 0 saturated heterocycles. The van der Waals surface area contributed by atoms with E-state index in [0.717, 1.165) is 48.5 Å². The molecule has 0 radical (unpaired) electrons. The van der Waals surface area contributed by atoms with Crippen LogP contribution in [0.1, 0.15) is 25.0 Å². The minimum atomic E-state index is -4.53. The van der Waals surface area contributed by atoms with Gasteiger partial charge in [-0.05, 0) is 62.4 Å². The van der Waals surface area contributed by atoms with E-state index in [2.05, 4.69) is 13.2 Å². The Morgan fingerprint density at radius 2 is 0.944 bits per heavy atom. The van der Waals surface area contributed by atoms with Crippen LogP contribution in [0.4, 0.5) is 17.6 Å².